The molecule has 0 radical (unpaired) electrons. The van der Waals surface area contributed by atoms with Gasteiger partial charge in [-0.1, -0.05) is 147 Å². The Labute approximate surface area is 440 Å². The number of aromatic nitrogens is 8. The lowest BCUT2D eigenvalue weighted by molar-refractivity contribution is -0.139. The van der Waals surface area contributed by atoms with Gasteiger partial charge < -0.3 is 35.3 Å². The van der Waals surface area contributed by atoms with Crippen LogP contribution >= 0.6 is 0 Å². The van der Waals surface area contributed by atoms with Crippen molar-refractivity contribution in [2.45, 2.75) is 83.2 Å². The van der Waals surface area contributed by atoms with Crippen LogP contribution in [0.2, 0.25) is 0 Å². The van der Waals surface area contributed by atoms with Crippen molar-refractivity contribution in [1.29, 1.82) is 0 Å². The first kappa shape index (κ1) is 50.9. The highest BCUT2D eigenvalue weighted by Gasteiger charge is 2.45. The number of hydrogen-bond acceptors (Lipinski definition) is 12. The Hall–Kier alpha value is -8.58. The summed E-state index contributed by atoms with van der Waals surface area (Å²) in [7, 11) is 1.29. The number of imidazole rings is 1. The molecule has 3 aliphatic heterocycles. The van der Waals surface area contributed by atoms with Gasteiger partial charge in [0.2, 0.25) is 17.7 Å². The number of carbonyl (C=O) groups is 4. The van der Waals surface area contributed by atoms with Crippen molar-refractivity contribution in [3.63, 3.8) is 0 Å². The number of likely N-dealkylation sites (tertiary alicyclic amines) is 2. The number of H-pyrrole nitrogens is 1. The van der Waals surface area contributed by atoms with Crippen molar-refractivity contribution in [1.82, 2.24) is 60.4 Å². The Bertz CT molecular complexity index is 3260. The van der Waals surface area contributed by atoms with Crippen molar-refractivity contribution in [3.05, 3.63) is 145 Å². The number of aromatic amines is 1. The first-order valence-corrected chi connectivity index (χ1v) is 25.7. The largest absolute Gasteiger partial charge is 0.453 e. The summed E-state index contributed by atoms with van der Waals surface area (Å²) in [5.41, 5.74) is 10.0. The standard InChI is InChI=1S/C57H61N13O6/c1-34(2)52(61-51(72)33-71)55(73)68-30-44(70-32-48(64-66-70)40-14-10-7-11-15-40)26-50(68)54-59-28-46(60-54)41-22-20-37(21-23-41)36-16-18-38(19-17-36)42-24-45(58-27-42)49-25-43(69-31-47(63-65-69)39-12-8-6-9-13-39)29-67(49)56(74)53(35(3)4)62-57(75)76-5/h6-23,27-28,31-32,34-35,43-44,49-50,52-53,71H,24-26,29-30,33H2,1-5H3,(H,59,60)(H,61,72)(H,62,75)/t43-,44-,49+,50+,52+,53+/m1/s1. The lowest BCUT2D eigenvalue weighted by Crippen LogP contribution is -2.53. The molecule has 3 aromatic heterocycles. The van der Waals surface area contributed by atoms with Crippen LogP contribution in [0.5, 0.6) is 0 Å². The van der Waals surface area contributed by atoms with Gasteiger partial charge in [-0.15, -0.1) is 10.2 Å². The number of carbonyl (C=O) groups excluding carboxylic acids is 4. The number of ether oxygens (including phenoxy) is 1. The van der Waals surface area contributed by atoms with E-state index in [9.17, 15) is 24.3 Å². The Balaban J connectivity index is 0.828. The van der Waals surface area contributed by atoms with Crippen LogP contribution in [-0.2, 0) is 19.1 Å². The van der Waals surface area contributed by atoms with Crippen molar-refractivity contribution in [2.75, 3.05) is 26.8 Å². The number of benzene rings is 4. The zero-order valence-corrected chi connectivity index (χ0v) is 43.0. The number of nitrogens with one attached hydrogen (secondary N) is 3. The summed E-state index contributed by atoms with van der Waals surface area (Å²) in [6.07, 6.45) is 8.43. The minimum atomic E-state index is -0.856. The quantitative estimate of drug-likeness (QED) is 0.0749. The van der Waals surface area contributed by atoms with E-state index in [0.717, 1.165) is 61.7 Å². The SMILES string of the molecule is COC(=O)N[C@H](C(=O)N1C[C@H](n2cc(-c3ccccc3)nn2)C[C@H]1C1=NC=C(c2ccc(-c3ccc(-c4cnc([C@@H]5C[C@@H](n6cc(-c7ccccc7)nn6)CN5C(=O)[C@@H](NC(=O)CO)C(C)C)[nH]4)cc3)cc2)C1)C(C)C. The fourth-order valence-corrected chi connectivity index (χ4v) is 10.5. The molecule has 4 aromatic carbocycles. The maximum atomic E-state index is 14.4. The predicted octanol–water partition coefficient (Wildman–Crippen LogP) is 7.32. The third-order valence-electron chi connectivity index (χ3n) is 14.7. The topological polar surface area (TPSA) is 231 Å². The van der Waals surface area contributed by atoms with Crippen molar-refractivity contribution >= 4 is 35.1 Å². The zero-order chi connectivity index (χ0) is 53.0. The molecule has 19 nitrogen and oxygen atoms in total. The molecular formula is C57H61N13O6. The number of methoxy groups -OCH3 is 1. The number of nitrogens with zero attached hydrogens (tertiary/aromatic N) is 10. The molecule has 6 heterocycles. The highest BCUT2D eigenvalue weighted by Crippen LogP contribution is 2.40. The molecule has 19 heteroatoms. The normalized spacial score (nSPS) is 19.2. The van der Waals surface area contributed by atoms with Gasteiger partial charge in [0.1, 0.15) is 35.9 Å². The van der Waals surface area contributed by atoms with Crippen molar-refractivity contribution in [3.8, 4) is 44.9 Å². The van der Waals surface area contributed by atoms with Gasteiger partial charge in [0.25, 0.3) is 0 Å². The summed E-state index contributed by atoms with van der Waals surface area (Å²) < 4.78 is 8.53. The number of alkyl carbamates (subject to hydrolysis) is 1. The Morgan fingerprint density at radius 3 is 1.68 bits per heavy atom. The fraction of sp³-hybridized carbons (Fsp3) is 0.333. The molecule has 3 aliphatic rings. The number of amides is 4. The third kappa shape index (κ3) is 10.7. The summed E-state index contributed by atoms with van der Waals surface area (Å²) in [6, 6.07) is 33.3. The molecule has 0 unspecified atom stereocenters. The number of rotatable bonds is 16. The molecule has 4 amide bonds. The number of aliphatic imine (C=N–C) groups is 1. The lowest BCUT2D eigenvalue weighted by atomic mass is 9.95. The first-order chi connectivity index (χ1) is 36.8. The lowest BCUT2D eigenvalue weighted by Gasteiger charge is -2.31. The van der Waals surface area contributed by atoms with Crippen molar-refractivity contribution < 1.29 is 29.0 Å². The third-order valence-corrected chi connectivity index (χ3v) is 14.7. The predicted molar refractivity (Wildman–Crippen MR) is 286 cm³/mol. The molecule has 0 aliphatic carbocycles. The van der Waals surface area contributed by atoms with E-state index in [4.69, 9.17) is 14.7 Å². The van der Waals surface area contributed by atoms with Gasteiger partial charge in [-0.05, 0) is 52.5 Å². The first-order valence-electron chi connectivity index (χ1n) is 25.7. The van der Waals surface area contributed by atoms with Gasteiger partial charge in [0.05, 0.1) is 55.6 Å². The second-order valence-electron chi connectivity index (χ2n) is 20.3. The molecule has 6 atom stereocenters. The Morgan fingerprint density at radius 2 is 1.16 bits per heavy atom. The van der Waals surface area contributed by atoms with Gasteiger partial charge in [0.15, 0.2) is 0 Å². The molecule has 76 heavy (non-hydrogen) atoms. The average Bonchev–Trinajstić information content (AvgIpc) is 4.32. The second-order valence-corrected chi connectivity index (χ2v) is 20.3. The van der Waals surface area contributed by atoms with Gasteiger partial charge in [0, 0.05) is 42.5 Å². The van der Waals surface area contributed by atoms with E-state index in [1.807, 2.05) is 129 Å². The smallest absolute Gasteiger partial charge is 0.407 e. The molecule has 0 spiro atoms. The monoisotopic (exact) mass is 1020 g/mol. The Morgan fingerprint density at radius 1 is 0.658 bits per heavy atom. The van der Waals surface area contributed by atoms with Gasteiger partial charge >= 0.3 is 6.09 Å². The van der Waals surface area contributed by atoms with E-state index in [0.29, 0.717) is 38.2 Å². The van der Waals surface area contributed by atoms with Crippen LogP contribution < -0.4 is 10.6 Å². The highest BCUT2D eigenvalue weighted by atomic mass is 16.5. The molecular weight excluding hydrogens is 963 g/mol. The van der Waals surface area contributed by atoms with Crippen molar-refractivity contribution in [2.24, 2.45) is 16.8 Å². The second kappa shape index (κ2) is 22.1. The fourth-order valence-electron chi connectivity index (χ4n) is 10.5. The number of hydrogen-bond donors (Lipinski definition) is 4. The Kier molecular flexibility index (Phi) is 14.8. The molecule has 0 bridgehead atoms. The van der Waals surface area contributed by atoms with E-state index < -0.39 is 36.7 Å². The van der Waals surface area contributed by atoms with E-state index in [-0.39, 0.29) is 41.8 Å². The van der Waals surface area contributed by atoms with Gasteiger partial charge in [-0.2, -0.15) is 0 Å². The minimum Gasteiger partial charge on any atom is -0.453 e. The number of allylic oxidation sites excluding steroid dienone is 1. The van der Waals surface area contributed by atoms with Gasteiger partial charge in [-0.25, -0.2) is 19.1 Å². The van der Waals surface area contributed by atoms with E-state index in [1.165, 1.54) is 7.11 Å². The van der Waals surface area contributed by atoms with Crippen LogP contribution in [0.4, 0.5) is 4.79 Å². The maximum Gasteiger partial charge on any atom is 0.407 e. The number of aliphatic hydroxyl groups excluding tert-OH is 1. The van der Waals surface area contributed by atoms with Gasteiger partial charge in [-0.3, -0.25) is 19.4 Å². The summed E-state index contributed by atoms with van der Waals surface area (Å²) in [5.74, 6) is -0.932. The molecule has 4 N–H and O–H groups in total. The maximum absolute atomic E-state index is 14.4. The van der Waals surface area contributed by atoms with Crippen LogP contribution in [0.3, 0.4) is 0 Å². The summed E-state index contributed by atoms with van der Waals surface area (Å²) >= 11 is 0. The summed E-state index contributed by atoms with van der Waals surface area (Å²) in [4.78, 5) is 70.3. The van der Waals surface area contributed by atoms with E-state index in [1.54, 1.807) is 15.8 Å². The van der Waals surface area contributed by atoms with Crippen LogP contribution in [0, 0.1) is 11.8 Å². The zero-order valence-electron chi connectivity index (χ0n) is 43.0. The molecule has 390 valence electrons. The van der Waals surface area contributed by atoms with Crippen LogP contribution in [0.25, 0.3) is 50.5 Å². The molecule has 2 saturated heterocycles. The average molecular weight is 1020 g/mol. The highest BCUT2D eigenvalue weighted by molar-refractivity contribution is 6.04. The number of aliphatic hydroxyl groups is 1. The van der Waals surface area contributed by atoms with Crippen LogP contribution in [0.15, 0.2) is 139 Å². The molecule has 7 aromatic rings. The molecule has 2 fully saturated rings. The molecule has 0 saturated carbocycles. The van der Waals surface area contributed by atoms with E-state index in [2.05, 4.69) is 72.6 Å². The summed E-state index contributed by atoms with van der Waals surface area (Å²) in [5, 5.41) is 32.9. The molecule has 10 rings (SSSR count). The van der Waals surface area contributed by atoms with E-state index >= 15 is 0 Å². The summed E-state index contributed by atoms with van der Waals surface area (Å²) in [6.45, 7) is 7.47. The minimum absolute atomic E-state index is 0.169. The van der Waals surface area contributed by atoms with Crippen LogP contribution in [0.1, 0.15) is 76.5 Å². The van der Waals surface area contributed by atoms with Crippen LogP contribution in [-0.4, -0.2) is 129 Å².